The molecule has 1 heterocycles. The zero-order valence-corrected chi connectivity index (χ0v) is 12.7. The Morgan fingerprint density at radius 2 is 1.81 bits per heavy atom. The Hall–Kier alpha value is -1.34. The molecule has 2 rings (SSSR count). The van der Waals surface area contributed by atoms with Gasteiger partial charge in [-0.2, -0.15) is 0 Å². The molecule has 0 saturated carbocycles. The van der Waals surface area contributed by atoms with E-state index in [1.165, 1.54) is 31.2 Å². The minimum atomic E-state index is -0.141. The normalized spacial score (nSPS) is 17.6. The summed E-state index contributed by atoms with van der Waals surface area (Å²) in [5.74, 6) is 6.38. The summed E-state index contributed by atoms with van der Waals surface area (Å²) in [6, 6.07) is 10.1. The smallest absolute Gasteiger partial charge is 0.0926 e. The summed E-state index contributed by atoms with van der Waals surface area (Å²) in [4.78, 5) is 2.42. The first-order chi connectivity index (χ1) is 10.4. The van der Waals surface area contributed by atoms with Gasteiger partial charge in [-0.1, -0.05) is 55.0 Å². The van der Waals surface area contributed by atoms with Crippen LogP contribution in [0, 0.1) is 11.8 Å². The molecule has 1 aliphatic heterocycles. The van der Waals surface area contributed by atoms with Gasteiger partial charge in [0.1, 0.15) is 0 Å². The van der Waals surface area contributed by atoms with E-state index in [0.29, 0.717) is 0 Å². The summed E-state index contributed by atoms with van der Waals surface area (Å²) in [7, 11) is 0. The second kappa shape index (κ2) is 9.57. The molecule has 0 spiro atoms. The van der Waals surface area contributed by atoms with Gasteiger partial charge >= 0.3 is 0 Å². The van der Waals surface area contributed by atoms with Crippen LogP contribution in [-0.4, -0.2) is 42.3 Å². The highest BCUT2D eigenvalue weighted by atomic mass is 16.3. The Labute approximate surface area is 128 Å². The molecule has 0 amide bonds. The van der Waals surface area contributed by atoms with E-state index in [9.17, 15) is 5.11 Å². The Bertz CT molecular complexity index is 441. The number of aliphatic hydroxyl groups is 1. The fourth-order valence-electron chi connectivity index (χ4n) is 2.57. The molecule has 1 fully saturated rings. The lowest BCUT2D eigenvalue weighted by Gasteiger charge is -2.16. The Balaban J connectivity index is 1.75. The van der Waals surface area contributed by atoms with Gasteiger partial charge < -0.3 is 5.11 Å². The minimum absolute atomic E-state index is 0.0554. The molecule has 1 aromatic rings. The first kappa shape index (κ1) is 16.0. The van der Waals surface area contributed by atoms with Crippen molar-refractivity contribution < 1.29 is 5.11 Å². The van der Waals surface area contributed by atoms with Gasteiger partial charge in [0.05, 0.1) is 19.2 Å². The van der Waals surface area contributed by atoms with Gasteiger partial charge in [-0.3, -0.25) is 10.2 Å². The summed E-state index contributed by atoms with van der Waals surface area (Å²) in [6.45, 7) is 3.94. The van der Waals surface area contributed by atoms with Gasteiger partial charge in [-0.25, -0.2) is 0 Å². The first-order valence-electron chi connectivity index (χ1n) is 7.97. The monoisotopic (exact) mass is 286 g/mol. The van der Waals surface area contributed by atoms with Crippen molar-refractivity contribution in [3.05, 3.63) is 35.9 Å². The quantitative estimate of drug-likeness (QED) is 0.813. The predicted molar refractivity (Wildman–Crippen MR) is 86.8 cm³/mol. The lowest BCUT2D eigenvalue weighted by atomic mass is 10.2. The SMILES string of the molecule is OC[C@@H](C#CCN1CCCCCC1)NCc1ccccc1. The van der Waals surface area contributed by atoms with Gasteiger partial charge in [0.2, 0.25) is 0 Å². The molecule has 2 N–H and O–H groups in total. The third-order valence-corrected chi connectivity index (χ3v) is 3.86. The van der Waals surface area contributed by atoms with Gasteiger partial charge in [-0.15, -0.1) is 0 Å². The molecular weight excluding hydrogens is 260 g/mol. The van der Waals surface area contributed by atoms with E-state index in [-0.39, 0.29) is 12.6 Å². The van der Waals surface area contributed by atoms with E-state index in [4.69, 9.17) is 0 Å². The predicted octanol–water partition coefficient (Wildman–Crippen LogP) is 2.02. The van der Waals surface area contributed by atoms with Crippen molar-refractivity contribution in [3.63, 3.8) is 0 Å². The molecule has 1 aliphatic rings. The number of hydrogen-bond acceptors (Lipinski definition) is 3. The van der Waals surface area contributed by atoms with Crippen molar-refractivity contribution in [1.82, 2.24) is 10.2 Å². The van der Waals surface area contributed by atoms with Crippen molar-refractivity contribution in [2.24, 2.45) is 0 Å². The van der Waals surface area contributed by atoms with Crippen LogP contribution in [0.3, 0.4) is 0 Å². The fourth-order valence-corrected chi connectivity index (χ4v) is 2.57. The highest BCUT2D eigenvalue weighted by molar-refractivity contribution is 5.16. The van der Waals surface area contributed by atoms with Gasteiger partial charge in [0.15, 0.2) is 0 Å². The van der Waals surface area contributed by atoms with Crippen molar-refractivity contribution in [1.29, 1.82) is 0 Å². The van der Waals surface area contributed by atoms with Crippen LogP contribution >= 0.6 is 0 Å². The van der Waals surface area contributed by atoms with Crippen LogP contribution in [0.15, 0.2) is 30.3 Å². The summed E-state index contributed by atoms with van der Waals surface area (Å²) < 4.78 is 0. The Morgan fingerprint density at radius 1 is 1.10 bits per heavy atom. The van der Waals surface area contributed by atoms with Gasteiger partial charge in [-0.05, 0) is 31.5 Å². The van der Waals surface area contributed by atoms with E-state index in [2.05, 4.69) is 34.2 Å². The zero-order valence-electron chi connectivity index (χ0n) is 12.7. The number of nitrogens with one attached hydrogen (secondary N) is 1. The lowest BCUT2D eigenvalue weighted by molar-refractivity contribution is 0.267. The largest absolute Gasteiger partial charge is 0.394 e. The van der Waals surface area contributed by atoms with Crippen molar-refractivity contribution in [2.75, 3.05) is 26.2 Å². The molecule has 0 aromatic heterocycles. The van der Waals surface area contributed by atoms with Crippen LogP contribution in [0.2, 0.25) is 0 Å². The second-order valence-corrected chi connectivity index (χ2v) is 5.61. The molecular formula is C18H26N2O. The lowest BCUT2D eigenvalue weighted by Crippen LogP contribution is -2.31. The summed E-state index contributed by atoms with van der Waals surface area (Å²) >= 11 is 0. The standard InChI is InChI=1S/C18H26N2O/c21-16-18(19-15-17-9-4-3-5-10-17)11-8-14-20-12-6-1-2-7-13-20/h3-5,9-10,18-19,21H,1-2,6-7,12-16H2/t18-/m1/s1. The molecule has 0 bridgehead atoms. The minimum Gasteiger partial charge on any atom is -0.394 e. The van der Waals surface area contributed by atoms with Gasteiger partial charge in [0.25, 0.3) is 0 Å². The number of hydrogen-bond donors (Lipinski definition) is 2. The molecule has 0 unspecified atom stereocenters. The number of aliphatic hydroxyl groups excluding tert-OH is 1. The van der Waals surface area contributed by atoms with Crippen molar-refractivity contribution >= 4 is 0 Å². The highest BCUT2D eigenvalue weighted by Gasteiger charge is 2.07. The van der Waals surface area contributed by atoms with E-state index in [1.807, 2.05) is 18.2 Å². The van der Waals surface area contributed by atoms with Crippen LogP contribution in [0.5, 0.6) is 0 Å². The van der Waals surface area contributed by atoms with Crippen LogP contribution in [-0.2, 0) is 6.54 Å². The van der Waals surface area contributed by atoms with Gasteiger partial charge in [0, 0.05) is 6.54 Å². The third kappa shape index (κ3) is 6.31. The third-order valence-electron chi connectivity index (χ3n) is 3.86. The molecule has 0 radical (unpaired) electrons. The van der Waals surface area contributed by atoms with Crippen LogP contribution in [0.1, 0.15) is 31.2 Å². The average Bonchev–Trinajstić information content (AvgIpc) is 2.80. The van der Waals surface area contributed by atoms with E-state index < -0.39 is 0 Å². The van der Waals surface area contributed by atoms with E-state index >= 15 is 0 Å². The zero-order chi connectivity index (χ0) is 14.8. The molecule has 21 heavy (non-hydrogen) atoms. The van der Waals surface area contributed by atoms with Crippen LogP contribution in [0.25, 0.3) is 0 Å². The topological polar surface area (TPSA) is 35.5 Å². The Kier molecular flexibility index (Phi) is 7.31. The van der Waals surface area contributed by atoms with E-state index in [0.717, 1.165) is 26.2 Å². The fraction of sp³-hybridized carbons (Fsp3) is 0.556. The molecule has 1 aromatic carbocycles. The number of likely N-dealkylation sites (tertiary alicyclic amines) is 1. The van der Waals surface area contributed by atoms with E-state index in [1.54, 1.807) is 0 Å². The highest BCUT2D eigenvalue weighted by Crippen LogP contribution is 2.08. The number of nitrogens with zero attached hydrogens (tertiary/aromatic N) is 1. The molecule has 1 atom stereocenters. The van der Waals surface area contributed by atoms with Crippen LogP contribution < -0.4 is 5.32 Å². The second-order valence-electron chi connectivity index (χ2n) is 5.61. The maximum atomic E-state index is 9.41. The molecule has 114 valence electrons. The first-order valence-corrected chi connectivity index (χ1v) is 7.97. The molecule has 3 heteroatoms. The number of benzene rings is 1. The molecule has 0 aliphatic carbocycles. The van der Waals surface area contributed by atoms with Crippen LogP contribution in [0.4, 0.5) is 0 Å². The maximum Gasteiger partial charge on any atom is 0.0926 e. The maximum absolute atomic E-state index is 9.41. The summed E-state index contributed by atoms with van der Waals surface area (Å²) in [5, 5.41) is 12.7. The summed E-state index contributed by atoms with van der Waals surface area (Å²) in [6.07, 6.45) is 5.28. The average molecular weight is 286 g/mol. The molecule has 1 saturated heterocycles. The summed E-state index contributed by atoms with van der Waals surface area (Å²) in [5.41, 5.74) is 1.21. The Morgan fingerprint density at radius 3 is 2.48 bits per heavy atom. The van der Waals surface area contributed by atoms with Crippen molar-refractivity contribution in [2.45, 2.75) is 38.3 Å². The number of rotatable bonds is 5. The van der Waals surface area contributed by atoms with Crippen molar-refractivity contribution in [3.8, 4) is 11.8 Å². The molecule has 3 nitrogen and oxygen atoms in total.